The minimum absolute atomic E-state index is 0.153. The van der Waals surface area contributed by atoms with Gasteiger partial charge in [-0.05, 0) is 68.1 Å². The Kier molecular flexibility index (Phi) is 5.76. The zero-order chi connectivity index (χ0) is 19.3. The van der Waals surface area contributed by atoms with E-state index < -0.39 is 0 Å². The highest BCUT2D eigenvalue weighted by molar-refractivity contribution is 6.04. The smallest absolute Gasteiger partial charge is 0.255 e. The van der Waals surface area contributed by atoms with Gasteiger partial charge in [0.1, 0.15) is 18.2 Å². The molecule has 4 rings (SSSR count). The molecule has 1 unspecified atom stereocenters. The number of hydrogen-bond donors (Lipinski definition) is 1. The van der Waals surface area contributed by atoms with Crippen molar-refractivity contribution < 1.29 is 18.7 Å². The topological polar surface area (TPSA) is 50.8 Å². The maximum absolute atomic E-state index is 14.0. The number of nitrogens with zero attached hydrogens (tertiary/aromatic N) is 1. The van der Waals surface area contributed by atoms with E-state index in [0.29, 0.717) is 23.6 Å². The van der Waals surface area contributed by atoms with Crippen LogP contribution in [0.4, 0.5) is 15.8 Å². The van der Waals surface area contributed by atoms with Crippen molar-refractivity contribution in [1.82, 2.24) is 0 Å². The summed E-state index contributed by atoms with van der Waals surface area (Å²) >= 11 is 0. The lowest BCUT2D eigenvalue weighted by molar-refractivity contribution is 0.0679. The lowest BCUT2D eigenvalue weighted by Gasteiger charge is -2.19. The molecule has 0 aromatic heterocycles. The number of hydrogen-bond acceptors (Lipinski definition) is 4. The monoisotopic (exact) mass is 384 g/mol. The average molecular weight is 384 g/mol. The predicted octanol–water partition coefficient (Wildman–Crippen LogP) is 4.24. The molecule has 2 fully saturated rings. The summed E-state index contributed by atoms with van der Waals surface area (Å²) < 4.78 is 25.3. The molecule has 1 amide bonds. The summed E-state index contributed by atoms with van der Waals surface area (Å²) in [5, 5.41) is 2.79. The summed E-state index contributed by atoms with van der Waals surface area (Å²) in [6, 6.07) is 11.6. The minimum atomic E-state index is -0.349. The van der Waals surface area contributed by atoms with Gasteiger partial charge < -0.3 is 19.7 Å². The first-order valence-electron chi connectivity index (χ1n) is 9.89. The van der Waals surface area contributed by atoms with Crippen LogP contribution in [0, 0.1) is 5.82 Å². The van der Waals surface area contributed by atoms with Crippen LogP contribution >= 0.6 is 0 Å². The Balaban J connectivity index is 1.37. The molecule has 148 valence electrons. The van der Waals surface area contributed by atoms with E-state index in [9.17, 15) is 9.18 Å². The highest BCUT2D eigenvalue weighted by atomic mass is 19.1. The molecule has 0 bridgehead atoms. The summed E-state index contributed by atoms with van der Waals surface area (Å²) in [5.74, 6) is 0.0790. The van der Waals surface area contributed by atoms with E-state index in [2.05, 4.69) is 10.2 Å². The number of rotatable bonds is 6. The van der Waals surface area contributed by atoms with E-state index in [0.717, 1.165) is 51.1 Å². The van der Waals surface area contributed by atoms with Crippen molar-refractivity contribution in [2.45, 2.75) is 31.8 Å². The van der Waals surface area contributed by atoms with Gasteiger partial charge in [0, 0.05) is 36.6 Å². The quantitative estimate of drug-likeness (QED) is 0.810. The zero-order valence-corrected chi connectivity index (χ0v) is 15.8. The second kappa shape index (κ2) is 8.61. The number of benzene rings is 2. The summed E-state index contributed by atoms with van der Waals surface area (Å²) in [5.41, 5.74) is 1.77. The molecule has 2 heterocycles. The van der Waals surface area contributed by atoms with Crippen molar-refractivity contribution in [3.05, 3.63) is 53.8 Å². The molecule has 28 heavy (non-hydrogen) atoms. The van der Waals surface area contributed by atoms with Gasteiger partial charge in [-0.15, -0.1) is 0 Å². The number of ether oxygens (including phenoxy) is 2. The molecule has 1 N–H and O–H groups in total. The standard InChI is InChI=1S/C22H25FN2O3/c23-17-12-18(14-19(13-17)25-9-1-2-10-25)24-22(26)16-5-7-20(8-6-16)28-15-21-4-3-11-27-21/h5-8,12-14,21H,1-4,9-11,15H2,(H,24,26). The lowest BCUT2D eigenvalue weighted by Crippen LogP contribution is -2.18. The molecule has 2 aromatic carbocycles. The highest BCUT2D eigenvalue weighted by Gasteiger charge is 2.17. The molecule has 0 spiro atoms. The van der Waals surface area contributed by atoms with E-state index in [1.165, 1.54) is 12.1 Å². The van der Waals surface area contributed by atoms with Crippen LogP contribution in [0.3, 0.4) is 0 Å². The van der Waals surface area contributed by atoms with E-state index in [4.69, 9.17) is 9.47 Å². The third kappa shape index (κ3) is 4.62. The fourth-order valence-electron chi connectivity index (χ4n) is 3.67. The van der Waals surface area contributed by atoms with Gasteiger partial charge in [0.25, 0.3) is 5.91 Å². The first-order valence-corrected chi connectivity index (χ1v) is 9.89. The van der Waals surface area contributed by atoms with Crippen LogP contribution in [0.15, 0.2) is 42.5 Å². The van der Waals surface area contributed by atoms with Crippen molar-refractivity contribution in [3.8, 4) is 5.75 Å². The van der Waals surface area contributed by atoms with Gasteiger partial charge in [-0.25, -0.2) is 4.39 Å². The summed E-state index contributed by atoms with van der Waals surface area (Å²) in [4.78, 5) is 14.7. The van der Waals surface area contributed by atoms with Gasteiger partial charge in [-0.1, -0.05) is 0 Å². The molecule has 0 aliphatic carbocycles. The van der Waals surface area contributed by atoms with Crippen molar-refractivity contribution in [1.29, 1.82) is 0 Å². The maximum atomic E-state index is 14.0. The van der Waals surface area contributed by atoms with Crippen LogP contribution in [0.1, 0.15) is 36.0 Å². The van der Waals surface area contributed by atoms with Gasteiger partial charge in [0.05, 0.1) is 6.10 Å². The normalized spacial score (nSPS) is 19.0. The largest absolute Gasteiger partial charge is 0.491 e. The van der Waals surface area contributed by atoms with Crippen molar-refractivity contribution in [3.63, 3.8) is 0 Å². The molecule has 6 heteroatoms. The number of nitrogens with one attached hydrogen (secondary N) is 1. The molecule has 0 radical (unpaired) electrons. The van der Waals surface area contributed by atoms with Gasteiger partial charge in [0.2, 0.25) is 0 Å². The second-order valence-electron chi connectivity index (χ2n) is 7.32. The molecule has 2 saturated heterocycles. The van der Waals surface area contributed by atoms with Gasteiger partial charge in [0.15, 0.2) is 0 Å². The zero-order valence-electron chi connectivity index (χ0n) is 15.8. The number of amides is 1. The summed E-state index contributed by atoms with van der Waals surface area (Å²) in [6.45, 7) is 3.16. The van der Waals surface area contributed by atoms with Gasteiger partial charge in [-0.2, -0.15) is 0 Å². The van der Waals surface area contributed by atoms with Crippen LogP contribution in [0.25, 0.3) is 0 Å². The average Bonchev–Trinajstić information content (AvgIpc) is 3.40. The number of carbonyl (C=O) groups is 1. The van der Waals surface area contributed by atoms with Crippen molar-refractivity contribution in [2.75, 3.05) is 36.5 Å². The van der Waals surface area contributed by atoms with Crippen LogP contribution in [-0.2, 0) is 4.74 Å². The predicted molar refractivity (Wildman–Crippen MR) is 107 cm³/mol. The molecule has 0 saturated carbocycles. The maximum Gasteiger partial charge on any atom is 0.255 e. The SMILES string of the molecule is O=C(Nc1cc(F)cc(N2CCCC2)c1)c1ccc(OCC2CCCO2)cc1. The highest BCUT2D eigenvalue weighted by Crippen LogP contribution is 2.25. The van der Waals surface area contributed by atoms with Crippen LogP contribution < -0.4 is 15.0 Å². The molecule has 5 nitrogen and oxygen atoms in total. The molecule has 2 aliphatic rings. The molecular weight excluding hydrogens is 359 g/mol. The third-order valence-corrected chi connectivity index (χ3v) is 5.19. The van der Waals surface area contributed by atoms with Gasteiger partial charge >= 0.3 is 0 Å². The Morgan fingerprint density at radius 2 is 1.93 bits per heavy atom. The van der Waals surface area contributed by atoms with Crippen molar-refractivity contribution >= 4 is 17.3 Å². The Labute approximate surface area is 164 Å². The lowest BCUT2D eigenvalue weighted by atomic mass is 10.2. The molecule has 2 aliphatic heterocycles. The number of anilines is 2. The van der Waals surface area contributed by atoms with Crippen LogP contribution in [0.2, 0.25) is 0 Å². The van der Waals surface area contributed by atoms with E-state index in [1.54, 1.807) is 24.3 Å². The van der Waals surface area contributed by atoms with Crippen LogP contribution in [-0.4, -0.2) is 38.3 Å². The summed E-state index contributed by atoms with van der Waals surface area (Å²) in [6.07, 6.45) is 4.47. The Morgan fingerprint density at radius 3 is 2.64 bits per heavy atom. The fourth-order valence-corrected chi connectivity index (χ4v) is 3.67. The molecule has 2 aromatic rings. The van der Waals surface area contributed by atoms with Crippen LogP contribution in [0.5, 0.6) is 5.75 Å². The summed E-state index contributed by atoms with van der Waals surface area (Å²) in [7, 11) is 0. The molecular formula is C22H25FN2O3. The van der Waals surface area contributed by atoms with Crippen molar-refractivity contribution in [2.24, 2.45) is 0 Å². The van der Waals surface area contributed by atoms with E-state index >= 15 is 0 Å². The Hall–Kier alpha value is -2.60. The second-order valence-corrected chi connectivity index (χ2v) is 7.32. The molecule has 1 atom stereocenters. The third-order valence-electron chi connectivity index (χ3n) is 5.19. The first kappa shape index (κ1) is 18.7. The Bertz CT molecular complexity index is 813. The number of halogens is 1. The van der Waals surface area contributed by atoms with E-state index in [-0.39, 0.29) is 17.8 Å². The first-order chi connectivity index (χ1) is 13.7. The van der Waals surface area contributed by atoms with Gasteiger partial charge in [-0.3, -0.25) is 4.79 Å². The minimum Gasteiger partial charge on any atom is -0.491 e. The fraction of sp³-hybridized carbons (Fsp3) is 0.409. The van der Waals surface area contributed by atoms with E-state index in [1.807, 2.05) is 6.07 Å². The Morgan fingerprint density at radius 1 is 1.14 bits per heavy atom. The number of carbonyl (C=O) groups excluding carboxylic acids is 1.